The van der Waals surface area contributed by atoms with E-state index in [1.807, 2.05) is 6.92 Å². The van der Waals surface area contributed by atoms with E-state index in [2.05, 4.69) is 5.32 Å². The summed E-state index contributed by atoms with van der Waals surface area (Å²) in [4.78, 5) is 11.2. The first-order valence-electron chi connectivity index (χ1n) is 5.57. The monoisotopic (exact) mass is 272 g/mol. The van der Waals surface area contributed by atoms with Crippen LogP contribution in [0.25, 0.3) is 0 Å². The van der Waals surface area contributed by atoms with E-state index in [0.29, 0.717) is 23.0 Å². The summed E-state index contributed by atoms with van der Waals surface area (Å²) >= 11 is 6.03. The average molecular weight is 273 g/mol. The number of ether oxygens (including phenoxy) is 1. The van der Waals surface area contributed by atoms with E-state index in [1.165, 1.54) is 12.1 Å². The van der Waals surface area contributed by atoms with Gasteiger partial charge in [0, 0.05) is 18.8 Å². The molecule has 0 aromatic heterocycles. The molecule has 1 unspecified atom stereocenters. The number of nitrogens with one attached hydrogen (secondary N) is 1. The van der Waals surface area contributed by atoms with Gasteiger partial charge in [-0.05, 0) is 18.6 Å². The second kappa shape index (κ2) is 6.47. The normalized spacial score (nSPS) is 12.2. The van der Waals surface area contributed by atoms with Crippen molar-refractivity contribution in [3.05, 3.63) is 22.7 Å². The SMILES string of the molecule is CCC(COC)Nc1c(Cl)cc(N)cc1C(=O)O. The topological polar surface area (TPSA) is 84.6 Å². The van der Waals surface area contributed by atoms with E-state index < -0.39 is 5.97 Å². The lowest BCUT2D eigenvalue weighted by molar-refractivity contribution is 0.0698. The van der Waals surface area contributed by atoms with E-state index in [9.17, 15) is 4.79 Å². The predicted molar refractivity (Wildman–Crippen MR) is 72.4 cm³/mol. The van der Waals surface area contributed by atoms with Crippen LogP contribution in [-0.4, -0.2) is 30.8 Å². The first-order chi connectivity index (χ1) is 8.49. The Morgan fingerprint density at radius 3 is 2.78 bits per heavy atom. The minimum Gasteiger partial charge on any atom is -0.478 e. The fraction of sp³-hybridized carbons (Fsp3) is 0.417. The third-order valence-corrected chi connectivity index (χ3v) is 2.85. The second-order valence-electron chi connectivity index (χ2n) is 3.94. The number of rotatable bonds is 6. The van der Waals surface area contributed by atoms with Crippen LogP contribution in [0.15, 0.2) is 12.1 Å². The minimum atomic E-state index is -1.07. The van der Waals surface area contributed by atoms with Crippen LogP contribution in [-0.2, 0) is 4.74 Å². The van der Waals surface area contributed by atoms with Gasteiger partial charge < -0.3 is 20.9 Å². The van der Waals surface area contributed by atoms with E-state index in [1.54, 1.807) is 7.11 Å². The van der Waals surface area contributed by atoms with Gasteiger partial charge in [0.1, 0.15) is 0 Å². The zero-order chi connectivity index (χ0) is 13.7. The van der Waals surface area contributed by atoms with Crippen LogP contribution < -0.4 is 11.1 Å². The van der Waals surface area contributed by atoms with Gasteiger partial charge in [0.05, 0.1) is 22.9 Å². The summed E-state index contributed by atoms with van der Waals surface area (Å²) in [5, 5.41) is 12.5. The van der Waals surface area contributed by atoms with Crippen molar-refractivity contribution in [2.24, 2.45) is 0 Å². The van der Waals surface area contributed by atoms with Crippen molar-refractivity contribution in [1.82, 2.24) is 0 Å². The quantitative estimate of drug-likeness (QED) is 0.693. The van der Waals surface area contributed by atoms with Crippen molar-refractivity contribution >= 4 is 28.9 Å². The number of nitrogens with two attached hydrogens (primary N) is 1. The van der Waals surface area contributed by atoms with Crippen molar-refractivity contribution < 1.29 is 14.6 Å². The number of hydrogen-bond acceptors (Lipinski definition) is 4. The van der Waals surface area contributed by atoms with Crippen LogP contribution in [0.2, 0.25) is 5.02 Å². The average Bonchev–Trinajstić information content (AvgIpc) is 2.30. The lowest BCUT2D eigenvalue weighted by Gasteiger charge is -2.20. The molecule has 0 aliphatic rings. The predicted octanol–water partition coefficient (Wildman–Crippen LogP) is 2.46. The lowest BCUT2D eigenvalue weighted by atomic mass is 10.1. The third kappa shape index (κ3) is 3.51. The molecule has 0 spiro atoms. The largest absolute Gasteiger partial charge is 0.478 e. The fourth-order valence-corrected chi connectivity index (χ4v) is 1.89. The number of carboxylic acid groups (broad SMARTS) is 1. The molecule has 100 valence electrons. The van der Waals surface area contributed by atoms with Crippen LogP contribution >= 0.6 is 11.6 Å². The number of carbonyl (C=O) groups is 1. The minimum absolute atomic E-state index is 0.00535. The van der Waals surface area contributed by atoms with Crippen molar-refractivity contribution in [3.63, 3.8) is 0 Å². The Hall–Kier alpha value is -1.46. The summed E-state index contributed by atoms with van der Waals surface area (Å²) < 4.78 is 5.05. The van der Waals surface area contributed by atoms with Gasteiger partial charge in [-0.15, -0.1) is 0 Å². The number of carboxylic acids is 1. The molecule has 0 saturated carbocycles. The van der Waals surface area contributed by atoms with Gasteiger partial charge in [0.25, 0.3) is 0 Å². The molecule has 0 fully saturated rings. The highest BCUT2D eigenvalue weighted by atomic mass is 35.5. The molecule has 1 aromatic rings. The van der Waals surface area contributed by atoms with Gasteiger partial charge in [-0.3, -0.25) is 0 Å². The maximum absolute atomic E-state index is 11.2. The number of aromatic carboxylic acids is 1. The number of methoxy groups -OCH3 is 1. The lowest BCUT2D eigenvalue weighted by Crippen LogP contribution is -2.25. The molecule has 0 radical (unpaired) electrons. The Morgan fingerprint density at radius 2 is 2.28 bits per heavy atom. The molecule has 0 aliphatic carbocycles. The third-order valence-electron chi connectivity index (χ3n) is 2.55. The van der Waals surface area contributed by atoms with Gasteiger partial charge in [-0.25, -0.2) is 4.79 Å². The molecule has 4 N–H and O–H groups in total. The summed E-state index contributed by atoms with van der Waals surface area (Å²) in [6.07, 6.45) is 0.785. The van der Waals surface area contributed by atoms with E-state index in [4.69, 9.17) is 27.2 Å². The number of anilines is 2. The maximum atomic E-state index is 11.2. The molecular formula is C12H17ClN2O3. The highest BCUT2D eigenvalue weighted by Crippen LogP contribution is 2.30. The maximum Gasteiger partial charge on any atom is 0.337 e. The number of halogens is 1. The molecule has 0 bridgehead atoms. The molecule has 6 heteroatoms. The Balaban J connectivity index is 3.10. The Bertz CT molecular complexity index is 438. The molecule has 5 nitrogen and oxygen atoms in total. The molecular weight excluding hydrogens is 256 g/mol. The van der Waals surface area contributed by atoms with E-state index in [0.717, 1.165) is 6.42 Å². The van der Waals surface area contributed by atoms with Gasteiger partial charge in [-0.2, -0.15) is 0 Å². The number of hydrogen-bond donors (Lipinski definition) is 3. The summed E-state index contributed by atoms with van der Waals surface area (Å²) in [7, 11) is 1.59. The summed E-state index contributed by atoms with van der Waals surface area (Å²) in [6.45, 7) is 2.44. The van der Waals surface area contributed by atoms with Gasteiger partial charge in [0.15, 0.2) is 0 Å². The summed E-state index contributed by atoms with van der Waals surface area (Å²) in [6, 6.07) is 2.90. The van der Waals surface area contributed by atoms with Crippen LogP contribution in [0.4, 0.5) is 11.4 Å². The highest BCUT2D eigenvalue weighted by molar-refractivity contribution is 6.34. The molecule has 18 heavy (non-hydrogen) atoms. The molecule has 1 atom stereocenters. The van der Waals surface area contributed by atoms with Crippen LogP contribution in [0.5, 0.6) is 0 Å². The van der Waals surface area contributed by atoms with Crippen molar-refractivity contribution in [2.45, 2.75) is 19.4 Å². The fourth-order valence-electron chi connectivity index (χ4n) is 1.61. The number of nitrogen functional groups attached to an aromatic ring is 1. The Morgan fingerprint density at radius 1 is 1.61 bits per heavy atom. The molecule has 1 rings (SSSR count). The highest BCUT2D eigenvalue weighted by Gasteiger charge is 2.17. The Labute approximate surface area is 111 Å². The van der Waals surface area contributed by atoms with Crippen molar-refractivity contribution in [1.29, 1.82) is 0 Å². The van der Waals surface area contributed by atoms with Gasteiger partial charge in [-0.1, -0.05) is 18.5 Å². The van der Waals surface area contributed by atoms with E-state index >= 15 is 0 Å². The van der Waals surface area contributed by atoms with Crippen LogP contribution in [0.1, 0.15) is 23.7 Å². The molecule has 0 saturated heterocycles. The Kier molecular flexibility index (Phi) is 5.25. The van der Waals surface area contributed by atoms with E-state index in [-0.39, 0.29) is 11.6 Å². The van der Waals surface area contributed by atoms with Crippen molar-refractivity contribution in [2.75, 3.05) is 24.8 Å². The second-order valence-corrected chi connectivity index (χ2v) is 4.34. The van der Waals surface area contributed by atoms with Gasteiger partial charge in [0.2, 0.25) is 0 Å². The zero-order valence-electron chi connectivity index (χ0n) is 10.4. The summed E-state index contributed by atoms with van der Waals surface area (Å²) in [5.41, 5.74) is 6.35. The van der Waals surface area contributed by atoms with Gasteiger partial charge >= 0.3 is 5.97 Å². The first kappa shape index (κ1) is 14.6. The number of benzene rings is 1. The van der Waals surface area contributed by atoms with Crippen molar-refractivity contribution in [3.8, 4) is 0 Å². The standard InChI is InChI=1S/C12H17ClN2O3/c1-3-8(6-18-2)15-11-9(12(16)17)4-7(14)5-10(11)13/h4-5,8,15H,3,6,14H2,1-2H3,(H,16,17). The zero-order valence-corrected chi connectivity index (χ0v) is 11.1. The molecule has 0 aliphatic heterocycles. The van der Waals surface area contributed by atoms with Crippen LogP contribution in [0, 0.1) is 0 Å². The van der Waals surface area contributed by atoms with Crippen LogP contribution in [0.3, 0.4) is 0 Å². The first-order valence-corrected chi connectivity index (χ1v) is 5.95. The smallest absolute Gasteiger partial charge is 0.337 e. The molecule has 0 amide bonds. The molecule has 0 heterocycles. The summed E-state index contributed by atoms with van der Waals surface area (Å²) in [5.74, 6) is -1.07. The molecule has 1 aromatic carbocycles.